The van der Waals surface area contributed by atoms with Crippen LogP contribution in [0.3, 0.4) is 0 Å². The van der Waals surface area contributed by atoms with Crippen molar-refractivity contribution in [2.24, 2.45) is 0 Å². The predicted octanol–water partition coefficient (Wildman–Crippen LogP) is 2.12. The Hall–Kier alpha value is -2.37. The number of nitrogens with one attached hydrogen (secondary N) is 1. The fourth-order valence-electron chi connectivity index (χ4n) is 1.45. The number of benzene rings is 1. The average molecular weight is 308 g/mol. The molecule has 2 rings (SSSR count). The van der Waals surface area contributed by atoms with Crippen molar-refractivity contribution < 1.29 is 18.3 Å². The van der Waals surface area contributed by atoms with Gasteiger partial charge in [-0.2, -0.15) is 5.26 Å². The van der Waals surface area contributed by atoms with E-state index in [2.05, 4.69) is 4.72 Å². The van der Waals surface area contributed by atoms with Gasteiger partial charge in [0.05, 0.1) is 16.0 Å². The van der Waals surface area contributed by atoms with E-state index in [0.29, 0.717) is 0 Å². The van der Waals surface area contributed by atoms with Gasteiger partial charge in [0, 0.05) is 0 Å². The third kappa shape index (κ3) is 2.79. The molecule has 0 fully saturated rings. The van der Waals surface area contributed by atoms with Crippen LogP contribution in [0.1, 0.15) is 15.9 Å². The second-order valence-corrected chi connectivity index (χ2v) is 6.31. The molecule has 20 heavy (non-hydrogen) atoms. The van der Waals surface area contributed by atoms with E-state index in [1.807, 2.05) is 6.07 Å². The fourth-order valence-corrected chi connectivity index (χ4v) is 3.57. The Bertz CT molecular complexity index is 803. The summed E-state index contributed by atoms with van der Waals surface area (Å²) in [5.74, 6) is -1.21. The summed E-state index contributed by atoms with van der Waals surface area (Å²) >= 11 is 1.08. The van der Waals surface area contributed by atoms with Crippen LogP contribution in [0.25, 0.3) is 0 Å². The van der Waals surface area contributed by atoms with Crippen molar-refractivity contribution in [1.29, 1.82) is 5.26 Å². The molecule has 1 aromatic heterocycles. The van der Waals surface area contributed by atoms with Crippen LogP contribution in [-0.2, 0) is 10.0 Å². The highest BCUT2D eigenvalue weighted by atomic mass is 32.2. The second-order valence-electron chi connectivity index (χ2n) is 3.71. The van der Waals surface area contributed by atoms with Gasteiger partial charge in [0.1, 0.15) is 11.1 Å². The number of nitrogens with zero attached hydrogens (tertiary/aromatic N) is 1. The SMILES string of the molecule is N#Cc1ccsc1NS(=O)(=O)c1cccc(C(=O)O)c1. The molecule has 0 saturated carbocycles. The number of rotatable bonds is 4. The maximum absolute atomic E-state index is 12.1. The molecule has 0 aliphatic carbocycles. The Labute approximate surface area is 119 Å². The van der Waals surface area contributed by atoms with Gasteiger partial charge in [-0.25, -0.2) is 13.2 Å². The minimum Gasteiger partial charge on any atom is -0.478 e. The molecule has 1 aromatic carbocycles. The number of aromatic carboxylic acids is 1. The van der Waals surface area contributed by atoms with Crippen LogP contribution in [0.15, 0.2) is 40.6 Å². The largest absolute Gasteiger partial charge is 0.478 e. The zero-order valence-electron chi connectivity index (χ0n) is 9.90. The van der Waals surface area contributed by atoms with Crippen LogP contribution in [0.4, 0.5) is 5.00 Å². The van der Waals surface area contributed by atoms with Crippen LogP contribution in [-0.4, -0.2) is 19.5 Å². The Morgan fingerprint density at radius 2 is 2.10 bits per heavy atom. The number of thiophene rings is 1. The number of carbonyl (C=O) groups is 1. The highest BCUT2D eigenvalue weighted by molar-refractivity contribution is 7.93. The van der Waals surface area contributed by atoms with E-state index in [1.165, 1.54) is 24.3 Å². The van der Waals surface area contributed by atoms with Gasteiger partial charge in [-0.15, -0.1) is 11.3 Å². The maximum Gasteiger partial charge on any atom is 0.335 e. The third-order valence-electron chi connectivity index (χ3n) is 2.40. The van der Waals surface area contributed by atoms with Gasteiger partial charge in [0.25, 0.3) is 10.0 Å². The van der Waals surface area contributed by atoms with Crippen LogP contribution >= 0.6 is 11.3 Å². The monoisotopic (exact) mass is 308 g/mol. The highest BCUT2D eigenvalue weighted by Gasteiger charge is 2.18. The second kappa shape index (κ2) is 5.32. The molecular weight excluding hydrogens is 300 g/mol. The first-order valence-corrected chi connectivity index (χ1v) is 7.64. The van der Waals surface area contributed by atoms with E-state index in [-0.39, 0.29) is 21.0 Å². The lowest BCUT2D eigenvalue weighted by atomic mass is 10.2. The fraction of sp³-hybridized carbons (Fsp3) is 0. The molecule has 0 aliphatic heterocycles. The van der Waals surface area contributed by atoms with Crippen molar-refractivity contribution in [3.8, 4) is 6.07 Å². The lowest BCUT2D eigenvalue weighted by Crippen LogP contribution is -2.13. The first-order valence-electron chi connectivity index (χ1n) is 5.28. The van der Waals surface area contributed by atoms with Crippen LogP contribution in [0.2, 0.25) is 0 Å². The number of carboxylic acid groups (broad SMARTS) is 1. The molecule has 0 unspecified atom stereocenters. The van der Waals surface area contributed by atoms with Crippen molar-refractivity contribution in [3.63, 3.8) is 0 Å². The van der Waals surface area contributed by atoms with Crippen molar-refractivity contribution in [2.75, 3.05) is 4.72 Å². The number of anilines is 1. The normalized spacial score (nSPS) is 10.8. The number of nitriles is 1. The number of carboxylic acids is 1. The molecule has 0 radical (unpaired) electrons. The van der Waals surface area contributed by atoms with Crippen LogP contribution < -0.4 is 4.72 Å². The summed E-state index contributed by atoms with van der Waals surface area (Å²) in [5, 5.41) is 19.5. The average Bonchev–Trinajstić information content (AvgIpc) is 2.85. The van der Waals surface area contributed by atoms with Gasteiger partial charge in [0.15, 0.2) is 0 Å². The summed E-state index contributed by atoms with van der Waals surface area (Å²) in [6.45, 7) is 0. The standard InChI is InChI=1S/C12H8N2O4S2/c13-7-9-4-5-19-11(9)14-20(17,18)10-3-1-2-8(6-10)12(15)16/h1-6,14H,(H,15,16). The summed E-state index contributed by atoms with van der Waals surface area (Å²) in [7, 11) is -3.93. The van der Waals surface area contributed by atoms with Crippen LogP contribution in [0, 0.1) is 11.3 Å². The van der Waals surface area contributed by atoms with Gasteiger partial charge in [-0.05, 0) is 29.6 Å². The van der Waals surface area contributed by atoms with E-state index < -0.39 is 16.0 Å². The molecule has 8 heteroatoms. The van der Waals surface area contributed by atoms with E-state index in [0.717, 1.165) is 17.4 Å². The molecular formula is C12H8N2O4S2. The molecule has 0 saturated heterocycles. The quantitative estimate of drug-likeness (QED) is 0.899. The Balaban J connectivity index is 2.39. The van der Waals surface area contributed by atoms with Gasteiger partial charge < -0.3 is 5.11 Å². The molecule has 1 heterocycles. The summed E-state index contributed by atoms with van der Waals surface area (Å²) in [5.41, 5.74) is 0.0903. The zero-order valence-corrected chi connectivity index (χ0v) is 11.5. The zero-order chi connectivity index (χ0) is 14.8. The van der Waals surface area contributed by atoms with Gasteiger partial charge in [-0.3, -0.25) is 4.72 Å². The Morgan fingerprint density at radius 3 is 2.75 bits per heavy atom. The molecule has 102 valence electrons. The van der Waals surface area contributed by atoms with Gasteiger partial charge >= 0.3 is 5.97 Å². The van der Waals surface area contributed by atoms with E-state index in [9.17, 15) is 13.2 Å². The third-order valence-corrected chi connectivity index (χ3v) is 4.71. The smallest absolute Gasteiger partial charge is 0.335 e. The van der Waals surface area contributed by atoms with Crippen molar-refractivity contribution in [3.05, 3.63) is 46.8 Å². The van der Waals surface area contributed by atoms with E-state index >= 15 is 0 Å². The van der Waals surface area contributed by atoms with Crippen LogP contribution in [0.5, 0.6) is 0 Å². The molecule has 0 spiro atoms. The van der Waals surface area contributed by atoms with Crippen molar-refractivity contribution in [2.45, 2.75) is 4.90 Å². The van der Waals surface area contributed by atoms with E-state index in [1.54, 1.807) is 5.38 Å². The number of hydrogen-bond donors (Lipinski definition) is 2. The number of sulfonamides is 1. The van der Waals surface area contributed by atoms with Crippen molar-refractivity contribution in [1.82, 2.24) is 0 Å². The summed E-state index contributed by atoms with van der Waals surface area (Å²) in [6.07, 6.45) is 0. The maximum atomic E-state index is 12.1. The summed E-state index contributed by atoms with van der Waals surface area (Å²) in [4.78, 5) is 10.7. The van der Waals surface area contributed by atoms with Crippen molar-refractivity contribution >= 4 is 32.3 Å². The minimum absolute atomic E-state index is 0.125. The first kappa shape index (κ1) is 14.0. The summed E-state index contributed by atoms with van der Waals surface area (Å²) < 4.78 is 26.5. The molecule has 2 N–H and O–H groups in total. The minimum atomic E-state index is -3.93. The first-order chi connectivity index (χ1) is 9.44. The highest BCUT2D eigenvalue weighted by Crippen LogP contribution is 2.25. The Morgan fingerprint density at radius 1 is 1.35 bits per heavy atom. The molecule has 2 aromatic rings. The lowest BCUT2D eigenvalue weighted by Gasteiger charge is -2.07. The number of hydrogen-bond acceptors (Lipinski definition) is 5. The molecule has 6 nitrogen and oxygen atoms in total. The topological polar surface area (TPSA) is 107 Å². The Kier molecular flexibility index (Phi) is 3.74. The van der Waals surface area contributed by atoms with Gasteiger partial charge in [-0.1, -0.05) is 6.07 Å². The molecule has 0 bridgehead atoms. The summed E-state index contributed by atoms with van der Waals surface area (Å²) in [6, 6.07) is 8.35. The molecule has 0 aliphatic rings. The molecule has 0 atom stereocenters. The lowest BCUT2D eigenvalue weighted by molar-refractivity contribution is 0.0696. The molecule has 0 amide bonds. The predicted molar refractivity (Wildman–Crippen MR) is 73.2 cm³/mol. The van der Waals surface area contributed by atoms with E-state index in [4.69, 9.17) is 10.4 Å². The van der Waals surface area contributed by atoms with Gasteiger partial charge in [0.2, 0.25) is 0 Å².